The van der Waals surface area contributed by atoms with Crippen molar-refractivity contribution in [3.8, 4) is 6.07 Å². The van der Waals surface area contributed by atoms with E-state index in [0.29, 0.717) is 0 Å². The molecule has 6 heteroatoms. The largest absolute Gasteiger partial charge is 0.269 e. The molecule has 0 spiro atoms. The third-order valence-electron chi connectivity index (χ3n) is 1.34. The van der Waals surface area contributed by atoms with Crippen molar-refractivity contribution in [2.45, 2.75) is 6.43 Å². The van der Waals surface area contributed by atoms with E-state index < -0.39 is 28.5 Å². The van der Waals surface area contributed by atoms with E-state index in [-0.39, 0.29) is 0 Å². The molecule has 0 saturated heterocycles. The van der Waals surface area contributed by atoms with Crippen LogP contribution in [-0.2, 0) is 0 Å². The third-order valence-corrected chi connectivity index (χ3v) is 1.64. The smallest absolute Gasteiger partial charge is 0.242 e. The van der Waals surface area contributed by atoms with Crippen LogP contribution in [0.1, 0.15) is 17.6 Å². The molecule has 0 saturated carbocycles. The second kappa shape index (κ2) is 3.62. The van der Waals surface area contributed by atoms with Crippen molar-refractivity contribution in [2.75, 3.05) is 0 Å². The van der Waals surface area contributed by atoms with E-state index in [4.69, 9.17) is 16.9 Å². The summed E-state index contributed by atoms with van der Waals surface area (Å²) in [5.74, 6) is -1.31. The van der Waals surface area contributed by atoms with E-state index >= 15 is 0 Å². The lowest BCUT2D eigenvalue weighted by atomic mass is 10.2. The molecule has 1 aromatic rings. The van der Waals surface area contributed by atoms with E-state index in [0.717, 1.165) is 6.20 Å². The van der Waals surface area contributed by atoms with E-state index in [1.807, 2.05) is 0 Å². The molecule has 0 aromatic carbocycles. The van der Waals surface area contributed by atoms with Gasteiger partial charge in [-0.05, 0) is 0 Å². The normalized spacial score (nSPS) is 10.2. The van der Waals surface area contributed by atoms with E-state index in [1.54, 1.807) is 0 Å². The van der Waals surface area contributed by atoms with Crippen LogP contribution >= 0.6 is 11.6 Å². The van der Waals surface area contributed by atoms with Crippen LogP contribution in [0, 0.1) is 17.1 Å². The molecule has 13 heavy (non-hydrogen) atoms. The van der Waals surface area contributed by atoms with Gasteiger partial charge in [-0.25, -0.2) is 18.2 Å². The van der Waals surface area contributed by atoms with Crippen molar-refractivity contribution in [1.29, 1.82) is 5.26 Å². The van der Waals surface area contributed by atoms with Gasteiger partial charge in [-0.3, -0.25) is 0 Å². The molecule has 1 rings (SSSR count). The SMILES string of the molecule is N#Cc1cnc(Cl)c(C(F)F)c1F. The monoisotopic (exact) mass is 206 g/mol. The van der Waals surface area contributed by atoms with Gasteiger partial charge in [-0.2, -0.15) is 5.26 Å². The molecule has 0 aliphatic rings. The minimum Gasteiger partial charge on any atom is -0.242 e. The number of hydrogen-bond acceptors (Lipinski definition) is 2. The molecule has 0 amide bonds. The van der Waals surface area contributed by atoms with Crippen LogP contribution in [0.4, 0.5) is 13.2 Å². The number of rotatable bonds is 1. The van der Waals surface area contributed by atoms with Crippen LogP contribution in [-0.4, -0.2) is 4.98 Å². The van der Waals surface area contributed by atoms with Gasteiger partial charge in [0.1, 0.15) is 16.8 Å². The van der Waals surface area contributed by atoms with Crippen LogP contribution in [0.3, 0.4) is 0 Å². The number of halogens is 4. The highest BCUT2D eigenvalue weighted by atomic mass is 35.5. The second-order valence-corrected chi connectivity index (χ2v) is 2.46. The Bertz CT molecular complexity index is 373. The zero-order valence-electron chi connectivity index (χ0n) is 6.06. The summed E-state index contributed by atoms with van der Waals surface area (Å²) in [5, 5.41) is 7.68. The van der Waals surface area contributed by atoms with Gasteiger partial charge in [-0.1, -0.05) is 11.6 Å². The Hall–Kier alpha value is -1.28. The molecule has 0 unspecified atom stereocenters. The Morgan fingerprint density at radius 3 is 2.62 bits per heavy atom. The van der Waals surface area contributed by atoms with Crippen LogP contribution < -0.4 is 0 Å². The number of aromatic nitrogens is 1. The number of pyridine rings is 1. The molecule has 0 bridgehead atoms. The molecule has 0 aliphatic carbocycles. The Morgan fingerprint density at radius 2 is 2.15 bits per heavy atom. The average molecular weight is 207 g/mol. The predicted molar refractivity (Wildman–Crippen MR) is 38.9 cm³/mol. The lowest BCUT2D eigenvalue weighted by Crippen LogP contribution is -1.98. The molecule has 2 nitrogen and oxygen atoms in total. The lowest BCUT2D eigenvalue weighted by Gasteiger charge is -2.03. The maximum absolute atomic E-state index is 13.0. The van der Waals surface area contributed by atoms with Crippen molar-refractivity contribution >= 4 is 11.6 Å². The van der Waals surface area contributed by atoms with Gasteiger partial charge in [0.2, 0.25) is 0 Å². The van der Waals surface area contributed by atoms with Crippen LogP contribution in [0.25, 0.3) is 0 Å². The summed E-state index contributed by atoms with van der Waals surface area (Å²) in [6.45, 7) is 0. The summed E-state index contributed by atoms with van der Waals surface area (Å²) < 4.78 is 37.2. The lowest BCUT2D eigenvalue weighted by molar-refractivity contribution is 0.146. The summed E-state index contributed by atoms with van der Waals surface area (Å²) >= 11 is 5.21. The highest BCUT2D eigenvalue weighted by Gasteiger charge is 2.21. The fourth-order valence-electron chi connectivity index (χ4n) is 0.747. The minimum absolute atomic E-state index is 0.542. The molecule has 0 fully saturated rings. The van der Waals surface area contributed by atoms with Crippen molar-refractivity contribution in [1.82, 2.24) is 4.98 Å². The Labute approximate surface area is 76.6 Å². The Kier molecular flexibility index (Phi) is 2.73. The van der Waals surface area contributed by atoms with E-state index in [2.05, 4.69) is 4.98 Å². The van der Waals surface area contributed by atoms with Crippen molar-refractivity contribution in [3.63, 3.8) is 0 Å². The fraction of sp³-hybridized carbons (Fsp3) is 0.143. The van der Waals surface area contributed by atoms with Crippen LogP contribution in [0.15, 0.2) is 6.20 Å². The number of nitriles is 1. The molecule has 68 valence electrons. The summed E-state index contributed by atoms with van der Waals surface area (Å²) in [4.78, 5) is 3.25. The zero-order chi connectivity index (χ0) is 10.0. The van der Waals surface area contributed by atoms with Gasteiger partial charge in [0.15, 0.2) is 5.82 Å². The van der Waals surface area contributed by atoms with Gasteiger partial charge >= 0.3 is 0 Å². The number of nitrogens with zero attached hydrogens (tertiary/aromatic N) is 2. The highest BCUT2D eigenvalue weighted by Crippen LogP contribution is 2.29. The first kappa shape index (κ1) is 9.81. The first-order valence-corrected chi connectivity index (χ1v) is 3.48. The van der Waals surface area contributed by atoms with Gasteiger partial charge in [0.05, 0.1) is 5.56 Å². The summed E-state index contributed by atoms with van der Waals surface area (Å²) in [7, 11) is 0. The first-order valence-electron chi connectivity index (χ1n) is 3.10. The fourth-order valence-corrected chi connectivity index (χ4v) is 0.961. The highest BCUT2D eigenvalue weighted by molar-refractivity contribution is 6.30. The molecule has 1 aromatic heterocycles. The number of hydrogen-bond donors (Lipinski definition) is 0. The van der Waals surface area contributed by atoms with Gasteiger partial charge in [-0.15, -0.1) is 0 Å². The van der Waals surface area contributed by atoms with Crippen LogP contribution in [0.2, 0.25) is 5.15 Å². The van der Waals surface area contributed by atoms with Gasteiger partial charge in [0, 0.05) is 6.20 Å². The molecule has 0 atom stereocenters. The quantitative estimate of drug-likeness (QED) is 0.663. The second-order valence-electron chi connectivity index (χ2n) is 2.10. The molecule has 1 heterocycles. The van der Waals surface area contributed by atoms with E-state index in [1.165, 1.54) is 6.07 Å². The third kappa shape index (κ3) is 1.73. The van der Waals surface area contributed by atoms with Crippen molar-refractivity contribution < 1.29 is 13.2 Å². The maximum atomic E-state index is 13.0. The molecular formula is C7H2ClF3N2. The van der Waals surface area contributed by atoms with Gasteiger partial charge in [0.25, 0.3) is 6.43 Å². The Morgan fingerprint density at radius 1 is 1.54 bits per heavy atom. The molecule has 0 aliphatic heterocycles. The first-order chi connectivity index (χ1) is 6.07. The summed E-state index contributed by atoms with van der Waals surface area (Å²) in [5.41, 5.74) is -1.57. The minimum atomic E-state index is -3.08. The predicted octanol–water partition coefficient (Wildman–Crippen LogP) is 2.68. The zero-order valence-corrected chi connectivity index (χ0v) is 6.82. The maximum Gasteiger partial charge on any atom is 0.269 e. The topological polar surface area (TPSA) is 36.7 Å². The Balaban J connectivity index is 3.41. The van der Waals surface area contributed by atoms with Crippen molar-refractivity contribution in [2.24, 2.45) is 0 Å². The van der Waals surface area contributed by atoms with Gasteiger partial charge < -0.3 is 0 Å². The van der Waals surface area contributed by atoms with E-state index in [9.17, 15) is 13.2 Å². The molecule has 0 N–H and O–H groups in total. The standard InChI is InChI=1S/C7H2ClF3N2/c8-6-4(7(10)11)5(9)3(1-12)2-13-6/h2,7H. The molecule has 0 radical (unpaired) electrons. The van der Waals surface area contributed by atoms with Crippen LogP contribution in [0.5, 0.6) is 0 Å². The number of alkyl halides is 2. The summed E-state index contributed by atoms with van der Waals surface area (Å²) in [6.07, 6.45) is -2.27. The average Bonchev–Trinajstić information content (AvgIpc) is 2.04. The van der Waals surface area contributed by atoms with Crippen molar-refractivity contribution in [3.05, 3.63) is 28.3 Å². The molecular weight excluding hydrogens is 205 g/mol. The summed E-state index contributed by atoms with van der Waals surface area (Å²) in [6, 6.07) is 1.39.